The van der Waals surface area contributed by atoms with Gasteiger partial charge >= 0.3 is 5.97 Å². The fourth-order valence-electron chi connectivity index (χ4n) is 3.21. The van der Waals surface area contributed by atoms with Crippen LogP contribution in [0.5, 0.6) is 11.6 Å². The maximum Gasteiger partial charge on any atom is 0.335 e. The van der Waals surface area contributed by atoms with Crippen LogP contribution in [0.15, 0.2) is 77.7 Å². The SMILES string of the molecule is Nc1c(Br)c(Oc2ccc(C(=O)O)cc2)nc2c(-c3cnn(-c4ccccc4)c3)cnn12. The molecule has 158 valence electrons. The molecule has 0 aliphatic rings. The highest BCUT2D eigenvalue weighted by atomic mass is 79.9. The van der Waals surface area contributed by atoms with Crippen molar-refractivity contribution in [3.63, 3.8) is 0 Å². The molecule has 0 saturated carbocycles. The Bertz CT molecular complexity index is 1440. The number of hydrogen-bond donors (Lipinski definition) is 2. The Kier molecular flexibility index (Phi) is 4.83. The second-order valence-electron chi connectivity index (χ2n) is 6.85. The molecule has 0 aliphatic carbocycles. The fourth-order valence-corrected chi connectivity index (χ4v) is 3.54. The summed E-state index contributed by atoms with van der Waals surface area (Å²) < 4.78 is 9.59. The van der Waals surface area contributed by atoms with Gasteiger partial charge in [-0.15, -0.1) is 0 Å². The summed E-state index contributed by atoms with van der Waals surface area (Å²) >= 11 is 3.41. The van der Waals surface area contributed by atoms with Gasteiger partial charge in [0.2, 0.25) is 5.88 Å². The minimum atomic E-state index is -1.01. The van der Waals surface area contributed by atoms with E-state index < -0.39 is 5.97 Å². The second-order valence-corrected chi connectivity index (χ2v) is 7.64. The summed E-state index contributed by atoms with van der Waals surface area (Å²) in [6.07, 6.45) is 5.29. The van der Waals surface area contributed by atoms with Gasteiger partial charge in [-0.2, -0.15) is 19.7 Å². The number of hydrogen-bond acceptors (Lipinski definition) is 6. The predicted molar refractivity (Wildman–Crippen MR) is 121 cm³/mol. The van der Waals surface area contributed by atoms with E-state index in [1.807, 2.05) is 36.5 Å². The molecule has 5 rings (SSSR count). The van der Waals surface area contributed by atoms with Crippen molar-refractivity contribution in [1.82, 2.24) is 24.4 Å². The summed E-state index contributed by atoms with van der Waals surface area (Å²) in [7, 11) is 0. The molecule has 3 aromatic heterocycles. The number of carboxylic acid groups (broad SMARTS) is 1. The van der Waals surface area contributed by atoms with Crippen molar-refractivity contribution < 1.29 is 14.6 Å². The topological polar surface area (TPSA) is 121 Å². The van der Waals surface area contributed by atoms with Crippen LogP contribution in [0.4, 0.5) is 5.82 Å². The van der Waals surface area contributed by atoms with Gasteiger partial charge in [-0.25, -0.2) is 9.48 Å². The average Bonchev–Trinajstić information content (AvgIpc) is 3.45. The lowest BCUT2D eigenvalue weighted by Gasteiger charge is -2.10. The largest absolute Gasteiger partial charge is 0.478 e. The molecule has 2 aromatic carbocycles. The summed E-state index contributed by atoms with van der Waals surface area (Å²) in [5, 5.41) is 17.9. The van der Waals surface area contributed by atoms with Crippen LogP contribution in [0.1, 0.15) is 10.4 Å². The van der Waals surface area contributed by atoms with Gasteiger partial charge in [0.25, 0.3) is 0 Å². The van der Waals surface area contributed by atoms with Crippen LogP contribution >= 0.6 is 15.9 Å². The zero-order chi connectivity index (χ0) is 22.2. The van der Waals surface area contributed by atoms with Crippen LogP contribution in [0, 0.1) is 0 Å². The number of carbonyl (C=O) groups is 1. The first-order valence-corrected chi connectivity index (χ1v) is 10.2. The lowest BCUT2D eigenvalue weighted by Crippen LogP contribution is -2.04. The molecule has 10 heteroatoms. The van der Waals surface area contributed by atoms with Crippen molar-refractivity contribution in [2.45, 2.75) is 0 Å². The summed E-state index contributed by atoms with van der Waals surface area (Å²) in [4.78, 5) is 15.7. The van der Waals surface area contributed by atoms with Gasteiger partial charge in [0.05, 0.1) is 23.6 Å². The molecule has 0 saturated heterocycles. The molecule has 0 amide bonds. The average molecular weight is 491 g/mol. The standard InChI is InChI=1S/C22H15BrN6O3/c23-18-19(24)29-20(27-21(18)32-16-8-6-13(7-9-16)22(30)31)17(11-26-29)14-10-25-28(12-14)15-4-2-1-3-5-15/h1-12H,24H2,(H,30,31). The van der Waals surface area contributed by atoms with Gasteiger partial charge in [0, 0.05) is 17.3 Å². The van der Waals surface area contributed by atoms with E-state index in [-0.39, 0.29) is 11.4 Å². The van der Waals surface area contributed by atoms with Gasteiger partial charge in [-0.05, 0) is 52.3 Å². The summed E-state index contributed by atoms with van der Waals surface area (Å²) in [6.45, 7) is 0. The summed E-state index contributed by atoms with van der Waals surface area (Å²) in [5.41, 5.74) is 9.39. The Morgan fingerprint density at radius 2 is 1.78 bits per heavy atom. The number of halogens is 1. The minimum Gasteiger partial charge on any atom is -0.478 e. The first-order chi connectivity index (χ1) is 15.5. The Hall–Kier alpha value is -4.18. The number of aromatic carboxylic acids is 1. The predicted octanol–water partition coefficient (Wildman–Crippen LogP) is 4.42. The number of ether oxygens (including phenoxy) is 1. The summed E-state index contributed by atoms with van der Waals surface area (Å²) in [6, 6.07) is 15.8. The maximum atomic E-state index is 11.1. The molecule has 0 bridgehead atoms. The molecule has 9 nitrogen and oxygen atoms in total. The van der Waals surface area contributed by atoms with E-state index in [4.69, 9.17) is 15.6 Å². The number of nitrogen functional groups attached to an aromatic ring is 1. The van der Waals surface area contributed by atoms with Crippen LogP contribution in [-0.2, 0) is 0 Å². The summed E-state index contributed by atoms with van der Waals surface area (Å²) in [5.74, 6) is -0.0458. The van der Waals surface area contributed by atoms with Crippen LogP contribution in [0.25, 0.3) is 22.5 Å². The number of para-hydroxylation sites is 1. The normalized spacial score (nSPS) is 11.0. The van der Waals surface area contributed by atoms with Gasteiger partial charge in [0.15, 0.2) is 5.65 Å². The lowest BCUT2D eigenvalue weighted by molar-refractivity contribution is 0.0697. The maximum absolute atomic E-state index is 11.1. The van der Waals surface area contributed by atoms with E-state index in [0.29, 0.717) is 21.7 Å². The Morgan fingerprint density at radius 1 is 1.03 bits per heavy atom. The number of fused-ring (bicyclic) bond motifs is 1. The van der Waals surface area contributed by atoms with Crippen molar-refractivity contribution in [2.75, 3.05) is 5.73 Å². The molecular formula is C22H15BrN6O3. The second kappa shape index (κ2) is 7.82. The Balaban J connectivity index is 1.54. The van der Waals surface area contributed by atoms with E-state index in [9.17, 15) is 4.79 Å². The quantitative estimate of drug-likeness (QED) is 0.374. The van der Waals surface area contributed by atoms with E-state index in [0.717, 1.165) is 16.8 Å². The molecule has 0 atom stereocenters. The van der Waals surface area contributed by atoms with Crippen molar-refractivity contribution in [3.8, 4) is 28.4 Å². The number of rotatable bonds is 5. The number of benzene rings is 2. The van der Waals surface area contributed by atoms with Gasteiger partial charge in [-0.1, -0.05) is 18.2 Å². The zero-order valence-corrected chi connectivity index (χ0v) is 18.0. The number of aromatic nitrogens is 5. The number of carboxylic acids is 1. The van der Waals surface area contributed by atoms with E-state index in [2.05, 4.69) is 31.1 Å². The molecule has 0 spiro atoms. The van der Waals surface area contributed by atoms with Gasteiger partial charge in [-0.3, -0.25) is 0 Å². The number of nitrogens with zero attached hydrogens (tertiary/aromatic N) is 5. The molecule has 0 unspecified atom stereocenters. The molecule has 32 heavy (non-hydrogen) atoms. The monoisotopic (exact) mass is 490 g/mol. The van der Waals surface area contributed by atoms with Crippen LogP contribution in [0.3, 0.4) is 0 Å². The van der Waals surface area contributed by atoms with E-state index in [1.165, 1.54) is 16.6 Å². The highest BCUT2D eigenvalue weighted by molar-refractivity contribution is 9.10. The van der Waals surface area contributed by atoms with Gasteiger partial charge in [0.1, 0.15) is 16.0 Å². The zero-order valence-electron chi connectivity index (χ0n) is 16.4. The van der Waals surface area contributed by atoms with Crippen LogP contribution in [0.2, 0.25) is 0 Å². The molecule has 0 radical (unpaired) electrons. The minimum absolute atomic E-state index is 0.160. The third-order valence-corrected chi connectivity index (χ3v) is 5.57. The first-order valence-electron chi connectivity index (χ1n) is 9.45. The van der Waals surface area contributed by atoms with Crippen molar-refractivity contribution in [2.24, 2.45) is 0 Å². The third kappa shape index (κ3) is 3.46. The lowest BCUT2D eigenvalue weighted by atomic mass is 10.2. The molecular weight excluding hydrogens is 476 g/mol. The molecule has 3 N–H and O–H groups in total. The molecule has 3 heterocycles. The molecule has 0 aliphatic heterocycles. The number of nitrogens with two attached hydrogens (primary N) is 1. The van der Waals surface area contributed by atoms with Crippen LogP contribution in [-0.4, -0.2) is 35.5 Å². The van der Waals surface area contributed by atoms with Crippen molar-refractivity contribution in [1.29, 1.82) is 0 Å². The Morgan fingerprint density at radius 3 is 2.50 bits per heavy atom. The number of anilines is 1. The van der Waals surface area contributed by atoms with E-state index >= 15 is 0 Å². The fraction of sp³-hybridized carbons (Fsp3) is 0. The first kappa shape index (κ1) is 19.8. The third-order valence-electron chi connectivity index (χ3n) is 4.82. The molecule has 0 fully saturated rings. The van der Waals surface area contributed by atoms with Crippen LogP contribution < -0.4 is 10.5 Å². The molecule has 5 aromatic rings. The highest BCUT2D eigenvalue weighted by Crippen LogP contribution is 2.35. The Labute approximate surface area is 189 Å². The van der Waals surface area contributed by atoms with E-state index in [1.54, 1.807) is 29.2 Å². The smallest absolute Gasteiger partial charge is 0.335 e. The van der Waals surface area contributed by atoms with Crippen molar-refractivity contribution in [3.05, 3.63) is 83.2 Å². The highest BCUT2D eigenvalue weighted by Gasteiger charge is 2.19. The van der Waals surface area contributed by atoms with Crippen molar-refractivity contribution >= 4 is 33.4 Å². The van der Waals surface area contributed by atoms with Gasteiger partial charge < -0.3 is 15.6 Å².